The van der Waals surface area contributed by atoms with Crippen LogP contribution in [0, 0.1) is 0 Å². The van der Waals surface area contributed by atoms with Gasteiger partial charge < -0.3 is 25.4 Å². The van der Waals surface area contributed by atoms with Gasteiger partial charge in [-0.25, -0.2) is 0 Å². The molecule has 0 saturated heterocycles. The first-order valence-electron chi connectivity index (χ1n) is 8.18. The van der Waals surface area contributed by atoms with Gasteiger partial charge >= 0.3 is 0 Å². The second-order valence-corrected chi connectivity index (χ2v) is 6.46. The minimum Gasteiger partial charge on any atom is -0.496 e. The summed E-state index contributed by atoms with van der Waals surface area (Å²) >= 11 is 6.01. The number of carbonyl (C=O) groups excluding carboxylic acids is 1. The topological polar surface area (TPSA) is 76.8 Å². The molecule has 0 aromatic heterocycles. The molecule has 0 aliphatic heterocycles. The van der Waals surface area contributed by atoms with E-state index in [0.717, 1.165) is 17.9 Å². The summed E-state index contributed by atoms with van der Waals surface area (Å²) in [5, 5.41) is 3.17. The molecule has 3 N–H and O–H groups in total. The zero-order valence-electron chi connectivity index (χ0n) is 15.2. The lowest BCUT2D eigenvalue weighted by Crippen LogP contribution is -2.23. The molecular formula is C19H24ClN3O3. The molecule has 0 fully saturated rings. The van der Waals surface area contributed by atoms with Crippen LogP contribution < -0.4 is 20.5 Å². The number of anilines is 1. The van der Waals surface area contributed by atoms with Crippen LogP contribution in [0.1, 0.15) is 15.9 Å². The van der Waals surface area contributed by atoms with Crippen molar-refractivity contribution in [3.63, 3.8) is 0 Å². The maximum absolute atomic E-state index is 12.5. The number of nitrogen functional groups attached to an aromatic ring is 1. The van der Waals surface area contributed by atoms with Crippen molar-refractivity contribution < 1.29 is 14.3 Å². The van der Waals surface area contributed by atoms with Gasteiger partial charge in [-0.05, 0) is 37.9 Å². The van der Waals surface area contributed by atoms with E-state index in [1.165, 1.54) is 19.2 Å². The SMILES string of the molecule is COc1cc(N)c(Cl)cc1C(=O)NCc1cccc(OCCN(C)C)c1. The van der Waals surface area contributed by atoms with Gasteiger partial charge in [0.1, 0.15) is 18.1 Å². The monoisotopic (exact) mass is 377 g/mol. The van der Waals surface area contributed by atoms with Crippen LogP contribution in [0.15, 0.2) is 36.4 Å². The van der Waals surface area contributed by atoms with Crippen LogP contribution in [0.5, 0.6) is 11.5 Å². The fourth-order valence-electron chi connectivity index (χ4n) is 2.28. The molecule has 0 saturated carbocycles. The van der Waals surface area contributed by atoms with Crippen molar-refractivity contribution in [1.82, 2.24) is 10.2 Å². The Hall–Kier alpha value is -2.44. The Labute approximate surface area is 158 Å². The van der Waals surface area contributed by atoms with E-state index >= 15 is 0 Å². The molecule has 0 heterocycles. The van der Waals surface area contributed by atoms with Crippen molar-refractivity contribution in [2.24, 2.45) is 0 Å². The van der Waals surface area contributed by atoms with E-state index < -0.39 is 0 Å². The van der Waals surface area contributed by atoms with Gasteiger partial charge in [0.25, 0.3) is 5.91 Å². The van der Waals surface area contributed by atoms with E-state index in [4.69, 9.17) is 26.8 Å². The van der Waals surface area contributed by atoms with Gasteiger partial charge in [-0.1, -0.05) is 23.7 Å². The number of ether oxygens (including phenoxy) is 2. The third kappa shape index (κ3) is 5.54. The fraction of sp³-hybridized carbons (Fsp3) is 0.316. The highest BCUT2D eigenvalue weighted by Crippen LogP contribution is 2.28. The molecule has 0 spiro atoms. The van der Waals surface area contributed by atoms with Gasteiger partial charge in [-0.3, -0.25) is 4.79 Å². The second-order valence-electron chi connectivity index (χ2n) is 6.06. The number of amides is 1. The molecule has 0 aliphatic rings. The Morgan fingerprint density at radius 3 is 2.73 bits per heavy atom. The molecule has 0 bridgehead atoms. The van der Waals surface area contributed by atoms with Gasteiger partial charge in [-0.2, -0.15) is 0 Å². The fourth-order valence-corrected chi connectivity index (χ4v) is 2.45. The van der Waals surface area contributed by atoms with Crippen molar-refractivity contribution >= 4 is 23.2 Å². The number of nitrogens with zero attached hydrogens (tertiary/aromatic N) is 1. The second kappa shape index (κ2) is 9.31. The van der Waals surface area contributed by atoms with E-state index in [1.54, 1.807) is 0 Å². The van der Waals surface area contributed by atoms with Crippen molar-refractivity contribution in [3.8, 4) is 11.5 Å². The van der Waals surface area contributed by atoms with E-state index in [0.29, 0.717) is 35.2 Å². The number of rotatable bonds is 8. The number of methoxy groups -OCH3 is 1. The van der Waals surface area contributed by atoms with Crippen LogP contribution in [0.2, 0.25) is 5.02 Å². The molecule has 2 aromatic carbocycles. The van der Waals surface area contributed by atoms with Gasteiger partial charge in [-0.15, -0.1) is 0 Å². The highest BCUT2D eigenvalue weighted by atomic mass is 35.5. The number of hydrogen-bond donors (Lipinski definition) is 2. The summed E-state index contributed by atoms with van der Waals surface area (Å²) < 4.78 is 10.9. The maximum Gasteiger partial charge on any atom is 0.255 e. The number of nitrogens with two attached hydrogens (primary N) is 1. The predicted octanol–water partition coefficient (Wildman–Crippen LogP) is 2.80. The predicted molar refractivity (Wildman–Crippen MR) is 104 cm³/mol. The first kappa shape index (κ1) is 19.9. The molecule has 2 rings (SSSR count). The molecule has 0 atom stereocenters. The lowest BCUT2D eigenvalue weighted by molar-refractivity contribution is 0.0948. The van der Waals surface area contributed by atoms with Crippen molar-refractivity contribution in [2.75, 3.05) is 40.1 Å². The lowest BCUT2D eigenvalue weighted by Gasteiger charge is -2.13. The molecule has 7 heteroatoms. The smallest absolute Gasteiger partial charge is 0.255 e. The molecule has 0 aliphatic carbocycles. The summed E-state index contributed by atoms with van der Waals surface area (Å²) in [6, 6.07) is 10.7. The number of benzene rings is 2. The molecule has 0 unspecified atom stereocenters. The number of likely N-dealkylation sites (N-methyl/N-ethyl adjacent to an activating group) is 1. The van der Waals surface area contributed by atoms with Gasteiger partial charge in [0.2, 0.25) is 0 Å². The molecular weight excluding hydrogens is 354 g/mol. The Kier molecular flexibility index (Phi) is 7.12. The van der Waals surface area contributed by atoms with E-state index in [1.807, 2.05) is 38.4 Å². The normalized spacial score (nSPS) is 10.7. The minimum atomic E-state index is -0.289. The highest BCUT2D eigenvalue weighted by Gasteiger charge is 2.15. The summed E-state index contributed by atoms with van der Waals surface area (Å²) in [5.41, 5.74) is 7.38. The number of carbonyl (C=O) groups is 1. The molecule has 6 nitrogen and oxygen atoms in total. The van der Waals surface area contributed by atoms with Crippen molar-refractivity contribution in [1.29, 1.82) is 0 Å². The number of nitrogens with one attached hydrogen (secondary N) is 1. The van der Waals surface area contributed by atoms with Crippen LogP contribution in [0.3, 0.4) is 0 Å². The van der Waals surface area contributed by atoms with Crippen molar-refractivity contribution in [3.05, 3.63) is 52.5 Å². The zero-order valence-corrected chi connectivity index (χ0v) is 16.0. The Morgan fingerprint density at radius 1 is 1.27 bits per heavy atom. The van der Waals surface area contributed by atoms with Gasteiger partial charge in [0.15, 0.2) is 0 Å². The van der Waals surface area contributed by atoms with E-state index in [2.05, 4.69) is 10.2 Å². The Morgan fingerprint density at radius 2 is 2.04 bits per heavy atom. The third-order valence-electron chi connectivity index (χ3n) is 3.72. The highest BCUT2D eigenvalue weighted by molar-refractivity contribution is 6.33. The average Bonchev–Trinajstić information content (AvgIpc) is 2.61. The molecule has 2 aromatic rings. The van der Waals surface area contributed by atoms with Gasteiger partial charge in [0.05, 0.1) is 23.4 Å². The van der Waals surface area contributed by atoms with Crippen LogP contribution in [-0.2, 0) is 6.54 Å². The van der Waals surface area contributed by atoms with Crippen LogP contribution >= 0.6 is 11.6 Å². The summed E-state index contributed by atoms with van der Waals surface area (Å²) in [4.78, 5) is 14.5. The standard InChI is InChI=1S/C19H24ClN3O3/c1-23(2)7-8-26-14-6-4-5-13(9-14)12-22-19(24)15-10-16(20)17(21)11-18(15)25-3/h4-6,9-11H,7-8,12,21H2,1-3H3,(H,22,24). The summed E-state index contributed by atoms with van der Waals surface area (Å²) in [6.07, 6.45) is 0. The largest absolute Gasteiger partial charge is 0.496 e. The summed E-state index contributed by atoms with van der Waals surface area (Å²) in [7, 11) is 5.47. The first-order chi connectivity index (χ1) is 12.4. The summed E-state index contributed by atoms with van der Waals surface area (Å²) in [5.74, 6) is 0.861. The van der Waals surface area contributed by atoms with Crippen LogP contribution in [0.25, 0.3) is 0 Å². The maximum atomic E-state index is 12.5. The number of hydrogen-bond acceptors (Lipinski definition) is 5. The molecule has 0 radical (unpaired) electrons. The first-order valence-corrected chi connectivity index (χ1v) is 8.56. The average molecular weight is 378 g/mol. The van der Waals surface area contributed by atoms with Crippen LogP contribution in [0.4, 0.5) is 5.69 Å². The zero-order chi connectivity index (χ0) is 19.1. The lowest BCUT2D eigenvalue weighted by atomic mass is 10.1. The molecule has 1 amide bonds. The quantitative estimate of drug-likeness (QED) is 0.692. The Balaban J connectivity index is 2.00. The third-order valence-corrected chi connectivity index (χ3v) is 4.05. The number of halogens is 1. The summed E-state index contributed by atoms with van der Waals surface area (Å²) in [6.45, 7) is 1.79. The van der Waals surface area contributed by atoms with E-state index in [-0.39, 0.29) is 5.91 Å². The molecule has 140 valence electrons. The Bertz CT molecular complexity index is 766. The molecule has 26 heavy (non-hydrogen) atoms. The minimum absolute atomic E-state index is 0.289. The van der Waals surface area contributed by atoms with Crippen LogP contribution in [-0.4, -0.2) is 45.2 Å². The van der Waals surface area contributed by atoms with Gasteiger partial charge in [0, 0.05) is 19.2 Å². The van der Waals surface area contributed by atoms with Crippen molar-refractivity contribution in [2.45, 2.75) is 6.54 Å². The van der Waals surface area contributed by atoms with E-state index in [9.17, 15) is 4.79 Å².